The Morgan fingerprint density at radius 1 is 1.06 bits per heavy atom. The van der Waals surface area contributed by atoms with Crippen molar-refractivity contribution in [3.8, 4) is 5.75 Å². The summed E-state index contributed by atoms with van der Waals surface area (Å²) in [4.78, 5) is 51.0. The molecule has 4 heterocycles. The summed E-state index contributed by atoms with van der Waals surface area (Å²) in [5.41, 5.74) is 0.0902. The molecule has 15 heteroatoms. The maximum absolute atomic E-state index is 13.7. The molecule has 286 valence electrons. The molecule has 1 aromatic carbocycles. The van der Waals surface area contributed by atoms with Crippen LogP contribution < -0.4 is 20.7 Å². The number of carbonyl (C=O) groups is 3. The highest BCUT2D eigenvalue weighted by Gasteiger charge is 2.39. The van der Waals surface area contributed by atoms with Gasteiger partial charge in [0, 0.05) is 62.4 Å². The molecular weight excluding hydrogens is 690 g/mol. The second-order valence-electron chi connectivity index (χ2n) is 15.3. The van der Waals surface area contributed by atoms with Crippen molar-refractivity contribution < 1.29 is 28.6 Å². The van der Waals surface area contributed by atoms with E-state index in [9.17, 15) is 14.4 Å². The highest BCUT2D eigenvalue weighted by molar-refractivity contribution is 5.94. The Labute approximate surface area is 314 Å². The first kappa shape index (κ1) is 38.5. The molecule has 4 aromatic rings. The Morgan fingerprint density at radius 3 is 2.65 bits per heavy atom. The molecule has 1 saturated heterocycles. The van der Waals surface area contributed by atoms with E-state index in [1.807, 2.05) is 69.5 Å². The number of anilines is 1. The van der Waals surface area contributed by atoms with Gasteiger partial charge in [0.25, 0.3) is 5.91 Å². The Balaban J connectivity index is 1.19. The van der Waals surface area contributed by atoms with Crippen molar-refractivity contribution in [2.24, 2.45) is 0 Å². The minimum Gasteiger partial charge on any atom is -0.480 e. The van der Waals surface area contributed by atoms with Crippen LogP contribution in [0.2, 0.25) is 0 Å². The van der Waals surface area contributed by atoms with E-state index in [2.05, 4.69) is 41.0 Å². The highest BCUT2D eigenvalue weighted by atomic mass is 16.5. The first-order valence-electron chi connectivity index (χ1n) is 18.1. The molecule has 3 N–H and O–H groups in total. The van der Waals surface area contributed by atoms with Gasteiger partial charge in [0.15, 0.2) is 11.9 Å². The third kappa shape index (κ3) is 8.59. The number of rotatable bonds is 12. The summed E-state index contributed by atoms with van der Waals surface area (Å²) in [6, 6.07) is 11.9. The molecule has 54 heavy (non-hydrogen) atoms. The van der Waals surface area contributed by atoms with Crippen LogP contribution in [0.5, 0.6) is 5.75 Å². The molecular formula is C39H49N9O6. The van der Waals surface area contributed by atoms with Crippen LogP contribution in [-0.2, 0) is 30.6 Å². The van der Waals surface area contributed by atoms with E-state index in [-0.39, 0.29) is 11.6 Å². The molecule has 1 fully saturated rings. The maximum Gasteiger partial charge on any atom is 0.321 e. The number of ether oxygens (including phenoxy) is 3. The van der Waals surface area contributed by atoms with Gasteiger partial charge in [0.1, 0.15) is 29.0 Å². The second kappa shape index (κ2) is 16.0. The van der Waals surface area contributed by atoms with Crippen LogP contribution in [0.15, 0.2) is 60.8 Å². The number of methoxy groups -OCH3 is 1. The minimum absolute atomic E-state index is 0.0658. The van der Waals surface area contributed by atoms with Gasteiger partial charge in [0.2, 0.25) is 5.82 Å². The molecule has 3 aromatic heterocycles. The van der Waals surface area contributed by atoms with Gasteiger partial charge in [-0.25, -0.2) is 14.8 Å². The molecule has 2 aliphatic rings. The van der Waals surface area contributed by atoms with Crippen molar-refractivity contribution in [3.63, 3.8) is 0 Å². The summed E-state index contributed by atoms with van der Waals surface area (Å²) >= 11 is 0. The van der Waals surface area contributed by atoms with Gasteiger partial charge in [-0.05, 0) is 36.3 Å². The van der Waals surface area contributed by atoms with Gasteiger partial charge in [-0.3, -0.25) is 24.2 Å². The number of urea groups is 1. The SMILES string of the molecule is COCC(C)(C)c1nnc2ccc(O[C@@H]3C=C[C@](C=O)(NC(=O)Nc4cc(C(C)(C)C)nc(C(=O)NCCN5CCCOCC5)n4)c4ccccc43)cn12. The number of aromatic nitrogens is 5. The fourth-order valence-electron chi connectivity index (χ4n) is 6.63. The third-order valence-electron chi connectivity index (χ3n) is 9.47. The van der Waals surface area contributed by atoms with E-state index >= 15 is 0 Å². The van der Waals surface area contributed by atoms with Crippen LogP contribution in [0.25, 0.3) is 5.65 Å². The number of benzene rings is 1. The molecule has 1 aliphatic carbocycles. The molecule has 0 spiro atoms. The largest absolute Gasteiger partial charge is 0.480 e. The molecule has 2 atom stereocenters. The van der Waals surface area contributed by atoms with E-state index in [0.717, 1.165) is 31.9 Å². The highest BCUT2D eigenvalue weighted by Crippen LogP contribution is 2.37. The summed E-state index contributed by atoms with van der Waals surface area (Å²) < 4.78 is 19.3. The maximum atomic E-state index is 13.7. The number of hydrogen-bond acceptors (Lipinski definition) is 11. The number of hydrogen-bond donors (Lipinski definition) is 3. The molecule has 1 aliphatic heterocycles. The lowest BCUT2D eigenvalue weighted by Gasteiger charge is -2.34. The van der Waals surface area contributed by atoms with Gasteiger partial charge in [-0.2, -0.15) is 0 Å². The standard InChI is InChI=1S/C39H49N9O6/c1-37(2,3)30-22-31(42-33(41-30)34(50)40-16-18-47-17-9-20-53-21-19-47)43-36(51)44-39(24-49)15-14-29(27-10-7-8-11-28(27)39)54-26-12-13-32-45-46-35(48(32)23-26)38(4,5)25-52-6/h7-8,10-15,22-24,29H,9,16-21,25H2,1-6H3,(H,40,50)(H2,41,42,43,44,51)/t29-,39-/m1/s1. The lowest BCUT2D eigenvalue weighted by molar-refractivity contribution is -0.111. The molecule has 6 rings (SSSR count). The number of aldehydes is 1. The first-order chi connectivity index (χ1) is 25.8. The van der Waals surface area contributed by atoms with Crippen LogP contribution in [0.1, 0.15) is 80.4 Å². The quantitative estimate of drug-likeness (QED) is 0.141. The van der Waals surface area contributed by atoms with Crippen LogP contribution in [0, 0.1) is 0 Å². The van der Waals surface area contributed by atoms with Crippen molar-refractivity contribution in [2.45, 2.75) is 63.5 Å². The number of amides is 3. The van der Waals surface area contributed by atoms with Gasteiger partial charge in [-0.15, -0.1) is 10.2 Å². The van der Waals surface area contributed by atoms with E-state index in [0.29, 0.717) is 60.8 Å². The first-order valence-corrected chi connectivity index (χ1v) is 18.1. The van der Waals surface area contributed by atoms with E-state index in [1.54, 1.807) is 37.5 Å². The zero-order valence-corrected chi connectivity index (χ0v) is 31.7. The van der Waals surface area contributed by atoms with Crippen molar-refractivity contribution in [3.05, 3.63) is 89.3 Å². The average Bonchev–Trinajstić information content (AvgIpc) is 3.40. The lowest BCUT2D eigenvalue weighted by atomic mass is 9.81. The number of pyridine rings is 1. The molecule has 0 unspecified atom stereocenters. The molecule has 0 saturated carbocycles. The van der Waals surface area contributed by atoms with Crippen molar-refractivity contribution in [1.29, 1.82) is 0 Å². The van der Waals surface area contributed by atoms with E-state index < -0.39 is 34.4 Å². The zero-order chi connectivity index (χ0) is 38.5. The van der Waals surface area contributed by atoms with E-state index in [4.69, 9.17) is 14.2 Å². The fraction of sp³-hybridized carbons (Fsp3) is 0.462. The number of carbonyl (C=O) groups excluding carboxylic acids is 3. The average molecular weight is 740 g/mol. The Kier molecular flexibility index (Phi) is 11.4. The topological polar surface area (TPSA) is 174 Å². The van der Waals surface area contributed by atoms with Gasteiger partial charge in [-0.1, -0.05) is 58.9 Å². The van der Waals surface area contributed by atoms with Crippen LogP contribution in [-0.4, -0.2) is 101 Å². The Bertz CT molecular complexity index is 2010. The van der Waals surface area contributed by atoms with Gasteiger partial charge in [0.05, 0.1) is 25.1 Å². The van der Waals surface area contributed by atoms with Crippen molar-refractivity contribution >= 4 is 29.7 Å². The normalized spacial score (nSPS) is 19.1. The van der Waals surface area contributed by atoms with Crippen LogP contribution in [0.3, 0.4) is 0 Å². The lowest BCUT2D eigenvalue weighted by Crippen LogP contribution is -2.49. The molecule has 0 bridgehead atoms. The monoisotopic (exact) mass is 739 g/mol. The summed E-state index contributed by atoms with van der Waals surface area (Å²) in [5, 5.41) is 17.2. The number of fused-ring (bicyclic) bond motifs is 2. The summed E-state index contributed by atoms with van der Waals surface area (Å²) in [7, 11) is 1.65. The predicted octanol–water partition coefficient (Wildman–Crippen LogP) is 4.10. The third-order valence-corrected chi connectivity index (χ3v) is 9.47. The van der Waals surface area contributed by atoms with Crippen LogP contribution in [0.4, 0.5) is 10.6 Å². The van der Waals surface area contributed by atoms with E-state index in [1.165, 1.54) is 0 Å². The van der Waals surface area contributed by atoms with Crippen LogP contribution >= 0.6 is 0 Å². The Morgan fingerprint density at radius 2 is 1.87 bits per heavy atom. The Hall–Kier alpha value is -5.25. The predicted molar refractivity (Wildman–Crippen MR) is 202 cm³/mol. The molecule has 15 nitrogen and oxygen atoms in total. The zero-order valence-electron chi connectivity index (χ0n) is 31.7. The summed E-state index contributed by atoms with van der Waals surface area (Å²) in [6.45, 7) is 14.6. The minimum atomic E-state index is -1.52. The van der Waals surface area contributed by atoms with Crippen molar-refractivity contribution in [1.82, 2.24) is 40.1 Å². The fourth-order valence-corrected chi connectivity index (χ4v) is 6.63. The number of nitrogens with one attached hydrogen (secondary N) is 3. The summed E-state index contributed by atoms with van der Waals surface area (Å²) in [6.07, 6.45) is 6.24. The second-order valence-corrected chi connectivity index (χ2v) is 15.3. The summed E-state index contributed by atoms with van der Waals surface area (Å²) in [5.74, 6) is 0.887. The number of nitrogens with zero attached hydrogens (tertiary/aromatic N) is 6. The molecule has 0 radical (unpaired) electrons. The van der Waals surface area contributed by atoms with Gasteiger partial charge >= 0.3 is 6.03 Å². The van der Waals surface area contributed by atoms with Crippen molar-refractivity contribution in [2.75, 3.05) is 58.4 Å². The molecule has 3 amide bonds. The smallest absolute Gasteiger partial charge is 0.321 e. The van der Waals surface area contributed by atoms with Gasteiger partial charge < -0.3 is 24.8 Å².